The molecule has 1 unspecified atom stereocenters. The number of amides is 1. The van der Waals surface area contributed by atoms with E-state index in [2.05, 4.69) is 0 Å². The summed E-state index contributed by atoms with van der Waals surface area (Å²) in [6, 6.07) is 11.7. The lowest BCUT2D eigenvalue weighted by molar-refractivity contribution is -0.124. The van der Waals surface area contributed by atoms with Gasteiger partial charge in [0.15, 0.2) is 6.10 Å². The number of carbonyl (C=O) groups is 1. The van der Waals surface area contributed by atoms with Crippen LogP contribution in [-0.2, 0) is 21.2 Å². The predicted molar refractivity (Wildman–Crippen MR) is 105 cm³/mol. The zero-order valence-corrected chi connectivity index (χ0v) is 16.9. The topological polar surface area (TPSA) is 66.9 Å². The third-order valence-electron chi connectivity index (χ3n) is 4.45. The summed E-state index contributed by atoms with van der Waals surface area (Å²) in [6.07, 6.45) is -0.0959. The number of rotatable bonds is 5. The van der Waals surface area contributed by atoms with Crippen LogP contribution in [0.3, 0.4) is 0 Å². The maximum atomic E-state index is 12.8. The lowest BCUT2D eigenvalue weighted by atomic mass is 10.2. The second kappa shape index (κ2) is 7.50. The Morgan fingerprint density at radius 1 is 1.22 bits per heavy atom. The molecule has 0 bridgehead atoms. The number of hydrogen-bond donors (Lipinski definition) is 0. The molecule has 0 fully saturated rings. The van der Waals surface area contributed by atoms with E-state index in [9.17, 15) is 13.2 Å². The van der Waals surface area contributed by atoms with E-state index in [1.165, 1.54) is 24.5 Å². The molecule has 0 radical (unpaired) electrons. The van der Waals surface area contributed by atoms with Crippen molar-refractivity contribution in [2.75, 3.05) is 25.5 Å². The van der Waals surface area contributed by atoms with Gasteiger partial charge in [0.25, 0.3) is 5.91 Å². The van der Waals surface area contributed by atoms with Crippen molar-refractivity contribution in [3.8, 4) is 5.75 Å². The standard InChI is InChI=1S/C19H21ClN2O4S/c1-13(26-16-6-4-5-15(20)12-16)19(23)22-10-9-14-11-17(7-8-18(14)22)27(24,25)21(2)3/h4-8,11-13H,9-10H2,1-3H3. The SMILES string of the molecule is CC(Oc1cccc(Cl)c1)C(=O)N1CCc2cc(S(=O)(=O)N(C)C)ccc21. The largest absolute Gasteiger partial charge is 0.481 e. The Bertz CT molecular complexity index is 975. The Balaban J connectivity index is 1.80. The van der Waals surface area contributed by atoms with Crippen LogP contribution < -0.4 is 9.64 Å². The predicted octanol–water partition coefficient (Wildman–Crippen LogP) is 2.95. The normalized spacial score (nSPS) is 14.9. The van der Waals surface area contributed by atoms with E-state index >= 15 is 0 Å². The van der Waals surface area contributed by atoms with Gasteiger partial charge in [-0.3, -0.25) is 4.79 Å². The lowest BCUT2D eigenvalue weighted by Crippen LogP contribution is -2.39. The van der Waals surface area contributed by atoms with E-state index in [1.807, 2.05) is 0 Å². The molecule has 6 nitrogen and oxygen atoms in total. The number of nitrogens with zero attached hydrogens (tertiary/aromatic N) is 2. The van der Waals surface area contributed by atoms with E-state index in [-0.39, 0.29) is 10.8 Å². The first-order valence-corrected chi connectivity index (χ1v) is 10.3. The number of halogens is 1. The van der Waals surface area contributed by atoms with Crippen LogP contribution in [0.2, 0.25) is 5.02 Å². The van der Waals surface area contributed by atoms with Crippen LogP contribution >= 0.6 is 11.6 Å². The molecule has 8 heteroatoms. The molecule has 1 aliphatic rings. The molecule has 27 heavy (non-hydrogen) atoms. The Morgan fingerprint density at radius 3 is 2.63 bits per heavy atom. The number of carbonyl (C=O) groups excluding carboxylic acids is 1. The summed E-state index contributed by atoms with van der Waals surface area (Å²) in [5.41, 5.74) is 1.56. The molecule has 0 spiro atoms. The molecule has 0 N–H and O–H groups in total. The van der Waals surface area contributed by atoms with Crippen LogP contribution in [0.4, 0.5) is 5.69 Å². The van der Waals surface area contributed by atoms with Crippen molar-refractivity contribution in [3.63, 3.8) is 0 Å². The van der Waals surface area contributed by atoms with Gasteiger partial charge in [-0.15, -0.1) is 0 Å². The van der Waals surface area contributed by atoms with Gasteiger partial charge in [0.1, 0.15) is 5.75 Å². The number of fused-ring (bicyclic) bond motifs is 1. The number of sulfonamides is 1. The monoisotopic (exact) mass is 408 g/mol. The van der Waals surface area contributed by atoms with Gasteiger partial charge in [0.2, 0.25) is 10.0 Å². The molecule has 0 aliphatic carbocycles. The number of hydrogen-bond acceptors (Lipinski definition) is 4. The Morgan fingerprint density at radius 2 is 1.96 bits per heavy atom. The summed E-state index contributed by atoms with van der Waals surface area (Å²) in [6.45, 7) is 2.18. The lowest BCUT2D eigenvalue weighted by Gasteiger charge is -2.22. The fourth-order valence-electron chi connectivity index (χ4n) is 2.99. The maximum Gasteiger partial charge on any atom is 0.267 e. The summed E-state index contributed by atoms with van der Waals surface area (Å²) in [5, 5.41) is 0.535. The summed E-state index contributed by atoms with van der Waals surface area (Å²) in [4.78, 5) is 14.7. The highest BCUT2D eigenvalue weighted by atomic mass is 35.5. The Kier molecular flexibility index (Phi) is 5.46. The van der Waals surface area contributed by atoms with Crippen LogP contribution in [0, 0.1) is 0 Å². The average Bonchev–Trinajstić information content (AvgIpc) is 3.04. The number of anilines is 1. The van der Waals surface area contributed by atoms with Gasteiger partial charge >= 0.3 is 0 Å². The van der Waals surface area contributed by atoms with E-state index < -0.39 is 16.1 Å². The fourth-order valence-corrected chi connectivity index (χ4v) is 4.13. The Labute approximate surface area is 164 Å². The number of ether oxygens (including phenoxy) is 1. The van der Waals surface area contributed by atoms with Gasteiger partial charge in [-0.25, -0.2) is 12.7 Å². The molecule has 1 aliphatic heterocycles. The van der Waals surface area contributed by atoms with Gasteiger partial charge < -0.3 is 9.64 Å². The second-order valence-corrected chi connectivity index (χ2v) is 9.12. The van der Waals surface area contributed by atoms with Crippen molar-refractivity contribution in [3.05, 3.63) is 53.1 Å². The molecule has 0 aromatic heterocycles. The summed E-state index contributed by atoms with van der Waals surface area (Å²) in [5.74, 6) is 0.340. The highest BCUT2D eigenvalue weighted by Crippen LogP contribution is 2.31. The third-order valence-corrected chi connectivity index (χ3v) is 6.49. The zero-order chi connectivity index (χ0) is 19.8. The highest BCUT2D eigenvalue weighted by molar-refractivity contribution is 7.89. The molecular weight excluding hydrogens is 388 g/mol. The minimum atomic E-state index is -3.50. The Hall–Kier alpha value is -2.09. The number of benzene rings is 2. The van der Waals surface area contributed by atoms with Crippen LogP contribution in [0.1, 0.15) is 12.5 Å². The molecule has 3 rings (SSSR count). The third kappa shape index (κ3) is 3.95. The molecule has 0 saturated heterocycles. The van der Waals surface area contributed by atoms with Gasteiger partial charge in [-0.05, 0) is 55.3 Å². The van der Waals surface area contributed by atoms with Gasteiger partial charge in [0.05, 0.1) is 4.90 Å². The summed E-state index contributed by atoms with van der Waals surface area (Å²) in [7, 11) is -0.518. The smallest absolute Gasteiger partial charge is 0.267 e. The first-order chi connectivity index (χ1) is 12.7. The van der Waals surface area contributed by atoms with Crippen LogP contribution in [0.5, 0.6) is 5.75 Å². The van der Waals surface area contributed by atoms with Crippen molar-refractivity contribution in [1.82, 2.24) is 4.31 Å². The maximum absolute atomic E-state index is 12.8. The molecule has 0 saturated carbocycles. The van der Waals surface area contributed by atoms with Gasteiger partial charge in [0, 0.05) is 31.4 Å². The summed E-state index contributed by atoms with van der Waals surface area (Å²) >= 11 is 5.95. The minimum Gasteiger partial charge on any atom is -0.481 e. The van der Waals surface area contributed by atoms with Crippen molar-refractivity contribution < 1.29 is 17.9 Å². The molecule has 144 valence electrons. The van der Waals surface area contributed by atoms with Gasteiger partial charge in [-0.1, -0.05) is 17.7 Å². The molecule has 1 heterocycles. The first-order valence-electron chi connectivity index (χ1n) is 8.49. The fraction of sp³-hybridized carbons (Fsp3) is 0.316. The average molecular weight is 409 g/mol. The van der Waals surface area contributed by atoms with Crippen molar-refractivity contribution in [1.29, 1.82) is 0 Å². The first kappa shape index (κ1) is 19.7. The molecule has 2 aromatic carbocycles. The molecule has 1 amide bonds. The summed E-state index contributed by atoms with van der Waals surface area (Å²) < 4.78 is 31.5. The van der Waals surface area contributed by atoms with Gasteiger partial charge in [-0.2, -0.15) is 0 Å². The quantitative estimate of drug-likeness (QED) is 0.762. The molecular formula is C19H21ClN2O4S. The minimum absolute atomic E-state index is 0.183. The molecule has 1 atom stereocenters. The van der Waals surface area contributed by atoms with Crippen molar-refractivity contribution in [2.45, 2.75) is 24.3 Å². The van der Waals surface area contributed by atoms with E-state index in [4.69, 9.17) is 16.3 Å². The highest BCUT2D eigenvalue weighted by Gasteiger charge is 2.30. The van der Waals surface area contributed by atoms with E-state index in [0.29, 0.717) is 23.7 Å². The van der Waals surface area contributed by atoms with E-state index in [1.54, 1.807) is 48.2 Å². The van der Waals surface area contributed by atoms with Crippen LogP contribution in [0.25, 0.3) is 0 Å². The second-order valence-electron chi connectivity index (χ2n) is 6.54. The van der Waals surface area contributed by atoms with Crippen LogP contribution in [-0.4, -0.2) is 45.4 Å². The molecule has 2 aromatic rings. The van der Waals surface area contributed by atoms with Crippen LogP contribution in [0.15, 0.2) is 47.4 Å². The van der Waals surface area contributed by atoms with Crippen molar-refractivity contribution in [2.24, 2.45) is 0 Å². The van der Waals surface area contributed by atoms with E-state index in [0.717, 1.165) is 11.3 Å². The van der Waals surface area contributed by atoms with Crippen molar-refractivity contribution >= 4 is 33.2 Å². The zero-order valence-electron chi connectivity index (χ0n) is 15.3.